The smallest absolute Gasteiger partial charge is 0.151 e. The molecule has 0 aromatic heterocycles. The van der Waals surface area contributed by atoms with E-state index in [4.69, 9.17) is 4.74 Å². The lowest BCUT2D eigenvalue weighted by molar-refractivity contribution is -0.0538. The molecule has 1 saturated heterocycles. The number of sulfone groups is 1. The van der Waals surface area contributed by atoms with Gasteiger partial charge in [-0.3, -0.25) is 4.90 Å². The molecule has 1 fully saturated rings. The van der Waals surface area contributed by atoms with E-state index in [0.29, 0.717) is 13.2 Å². The average molecular weight is 297 g/mol. The molecule has 0 N–H and O–H groups in total. The molecule has 0 aliphatic carbocycles. The first-order chi connectivity index (χ1) is 9.52. The maximum Gasteiger partial charge on any atom is 0.151 e. The molecule has 2 atom stereocenters. The quantitative estimate of drug-likeness (QED) is 0.832. The highest BCUT2D eigenvalue weighted by Crippen LogP contribution is 2.25. The van der Waals surface area contributed by atoms with Crippen molar-refractivity contribution in [1.82, 2.24) is 4.90 Å². The topological polar surface area (TPSA) is 46.6 Å². The number of nitrogens with zero attached hydrogens (tertiary/aromatic N) is 1. The molecule has 0 amide bonds. The Morgan fingerprint density at radius 1 is 1.30 bits per heavy atom. The van der Waals surface area contributed by atoms with Crippen LogP contribution in [0.1, 0.15) is 25.5 Å². The number of rotatable bonds is 5. The van der Waals surface area contributed by atoms with Gasteiger partial charge in [-0.05, 0) is 12.5 Å². The van der Waals surface area contributed by atoms with Crippen LogP contribution in [0.15, 0.2) is 30.3 Å². The summed E-state index contributed by atoms with van der Waals surface area (Å²) in [4.78, 5) is 2.23. The van der Waals surface area contributed by atoms with Crippen molar-refractivity contribution in [2.24, 2.45) is 0 Å². The van der Waals surface area contributed by atoms with Crippen LogP contribution >= 0.6 is 0 Å². The molecule has 4 nitrogen and oxygen atoms in total. The van der Waals surface area contributed by atoms with Crippen LogP contribution in [0, 0.1) is 0 Å². The predicted octanol–water partition coefficient (Wildman–Crippen LogP) is 1.88. The third-order valence-corrected chi connectivity index (χ3v) is 5.47. The number of morpholine rings is 1. The Hall–Kier alpha value is -0.910. The molecular weight excluding hydrogens is 274 g/mol. The Labute approximate surface area is 121 Å². The second kappa shape index (κ2) is 6.70. The van der Waals surface area contributed by atoms with Gasteiger partial charge in [0.05, 0.1) is 24.5 Å². The number of ether oxygens (including phenoxy) is 1. The van der Waals surface area contributed by atoms with Gasteiger partial charge < -0.3 is 4.74 Å². The fraction of sp³-hybridized carbons (Fsp3) is 0.600. The summed E-state index contributed by atoms with van der Waals surface area (Å²) in [5.41, 5.74) is 1.19. The van der Waals surface area contributed by atoms with E-state index in [-0.39, 0.29) is 23.7 Å². The number of benzene rings is 1. The van der Waals surface area contributed by atoms with Gasteiger partial charge in [0.15, 0.2) is 9.84 Å². The van der Waals surface area contributed by atoms with Crippen LogP contribution in [-0.2, 0) is 14.6 Å². The summed E-state index contributed by atoms with van der Waals surface area (Å²) < 4.78 is 29.2. The van der Waals surface area contributed by atoms with Gasteiger partial charge >= 0.3 is 0 Å². The van der Waals surface area contributed by atoms with Crippen molar-refractivity contribution in [1.29, 1.82) is 0 Å². The zero-order chi connectivity index (χ0) is 14.6. The molecule has 0 bridgehead atoms. The van der Waals surface area contributed by atoms with Gasteiger partial charge in [0.25, 0.3) is 0 Å². The zero-order valence-corrected chi connectivity index (χ0v) is 13.0. The van der Waals surface area contributed by atoms with Crippen molar-refractivity contribution in [3.63, 3.8) is 0 Å². The van der Waals surface area contributed by atoms with E-state index in [1.165, 1.54) is 5.56 Å². The van der Waals surface area contributed by atoms with Crippen LogP contribution in [0.4, 0.5) is 0 Å². The van der Waals surface area contributed by atoms with Crippen molar-refractivity contribution in [3.05, 3.63) is 35.9 Å². The van der Waals surface area contributed by atoms with Gasteiger partial charge in [-0.2, -0.15) is 0 Å². The first kappa shape index (κ1) is 15.5. The lowest BCUT2D eigenvalue weighted by atomic mass is 10.0. The van der Waals surface area contributed by atoms with Crippen LogP contribution in [-0.4, -0.2) is 50.6 Å². The Kier molecular flexibility index (Phi) is 5.18. The summed E-state index contributed by atoms with van der Waals surface area (Å²) in [6, 6.07) is 10.3. The summed E-state index contributed by atoms with van der Waals surface area (Å²) in [6.07, 6.45) is 0.152. The van der Waals surface area contributed by atoms with Gasteiger partial charge in [-0.15, -0.1) is 0 Å². The highest BCUT2D eigenvalue weighted by molar-refractivity contribution is 7.91. The maximum atomic E-state index is 11.7. The zero-order valence-electron chi connectivity index (χ0n) is 12.2. The summed E-state index contributed by atoms with van der Waals surface area (Å²) in [5, 5.41) is 0. The molecular formula is C15H23NO3S. The summed E-state index contributed by atoms with van der Waals surface area (Å²) >= 11 is 0. The van der Waals surface area contributed by atoms with E-state index < -0.39 is 9.84 Å². The Bertz CT molecular complexity index is 515. The summed E-state index contributed by atoms with van der Waals surface area (Å²) in [7, 11) is -2.92. The second-order valence-electron chi connectivity index (χ2n) is 5.30. The Balaban J connectivity index is 2.09. The van der Waals surface area contributed by atoms with E-state index in [9.17, 15) is 8.42 Å². The van der Waals surface area contributed by atoms with E-state index in [1.54, 1.807) is 6.92 Å². The standard InChI is InChI=1S/C15H23NO3S/c1-3-20(17,18)10-9-16-11-13(2)19-12-15(16)14-7-5-4-6-8-14/h4-8,13,15H,3,9-12H2,1-2H3/t13-,15-/m1/s1. The van der Waals surface area contributed by atoms with E-state index in [2.05, 4.69) is 17.0 Å². The largest absolute Gasteiger partial charge is 0.375 e. The highest BCUT2D eigenvalue weighted by atomic mass is 32.2. The fourth-order valence-corrected chi connectivity index (χ4v) is 3.30. The predicted molar refractivity (Wildman–Crippen MR) is 80.5 cm³/mol. The van der Waals surface area contributed by atoms with Crippen LogP contribution < -0.4 is 0 Å². The molecule has 1 aliphatic rings. The van der Waals surface area contributed by atoms with E-state index in [1.807, 2.05) is 25.1 Å². The van der Waals surface area contributed by atoms with Gasteiger partial charge in [0, 0.05) is 18.8 Å². The molecule has 0 radical (unpaired) electrons. The van der Waals surface area contributed by atoms with Crippen molar-refractivity contribution in [3.8, 4) is 0 Å². The van der Waals surface area contributed by atoms with Crippen LogP contribution in [0.25, 0.3) is 0 Å². The monoisotopic (exact) mass is 297 g/mol. The van der Waals surface area contributed by atoms with Gasteiger partial charge in [-0.1, -0.05) is 37.3 Å². The normalized spacial score (nSPS) is 24.7. The molecule has 20 heavy (non-hydrogen) atoms. The molecule has 112 valence electrons. The van der Waals surface area contributed by atoms with E-state index in [0.717, 1.165) is 6.54 Å². The average Bonchev–Trinajstić information content (AvgIpc) is 2.46. The highest BCUT2D eigenvalue weighted by Gasteiger charge is 2.28. The van der Waals surface area contributed by atoms with Crippen molar-refractivity contribution in [2.75, 3.05) is 31.2 Å². The molecule has 1 aromatic rings. The minimum absolute atomic E-state index is 0.152. The second-order valence-corrected chi connectivity index (χ2v) is 7.77. The van der Waals surface area contributed by atoms with Crippen molar-refractivity contribution < 1.29 is 13.2 Å². The van der Waals surface area contributed by atoms with Gasteiger partial charge in [-0.25, -0.2) is 8.42 Å². The van der Waals surface area contributed by atoms with Gasteiger partial charge in [0.1, 0.15) is 0 Å². The maximum absolute atomic E-state index is 11.7. The van der Waals surface area contributed by atoms with Crippen LogP contribution in [0.3, 0.4) is 0 Å². The molecule has 0 unspecified atom stereocenters. The molecule has 5 heteroatoms. The lowest BCUT2D eigenvalue weighted by Gasteiger charge is -2.38. The minimum atomic E-state index is -2.92. The summed E-state index contributed by atoms with van der Waals surface area (Å²) in [5.74, 6) is 0.433. The number of hydrogen-bond acceptors (Lipinski definition) is 4. The van der Waals surface area contributed by atoms with Crippen LogP contribution in [0.2, 0.25) is 0 Å². The summed E-state index contributed by atoms with van der Waals surface area (Å²) in [6.45, 7) is 5.70. The van der Waals surface area contributed by atoms with Gasteiger partial charge in [0.2, 0.25) is 0 Å². The van der Waals surface area contributed by atoms with Crippen LogP contribution in [0.5, 0.6) is 0 Å². The minimum Gasteiger partial charge on any atom is -0.375 e. The fourth-order valence-electron chi connectivity index (χ4n) is 2.50. The molecule has 1 aliphatic heterocycles. The third-order valence-electron chi connectivity index (χ3n) is 3.78. The molecule has 0 spiro atoms. The molecule has 1 heterocycles. The lowest BCUT2D eigenvalue weighted by Crippen LogP contribution is -2.45. The molecule has 2 rings (SSSR count). The van der Waals surface area contributed by atoms with E-state index >= 15 is 0 Å². The first-order valence-electron chi connectivity index (χ1n) is 7.13. The SMILES string of the molecule is CCS(=O)(=O)CCN1C[C@@H](C)OC[C@@H]1c1ccccc1. The van der Waals surface area contributed by atoms with Crippen molar-refractivity contribution >= 4 is 9.84 Å². The molecule has 1 aromatic carbocycles. The third kappa shape index (κ3) is 4.04. The van der Waals surface area contributed by atoms with Crippen molar-refractivity contribution in [2.45, 2.75) is 26.0 Å². The first-order valence-corrected chi connectivity index (χ1v) is 8.95. The Morgan fingerprint density at radius 2 is 2.00 bits per heavy atom. The Morgan fingerprint density at radius 3 is 2.65 bits per heavy atom. The number of hydrogen-bond donors (Lipinski definition) is 0. The molecule has 0 saturated carbocycles.